The van der Waals surface area contributed by atoms with Gasteiger partial charge in [0.05, 0.1) is 5.69 Å². The molecule has 0 aliphatic heterocycles. The van der Waals surface area contributed by atoms with E-state index < -0.39 is 0 Å². The van der Waals surface area contributed by atoms with Crippen LogP contribution in [0.4, 0.5) is 5.69 Å². The van der Waals surface area contributed by atoms with Crippen LogP contribution in [0.15, 0.2) is 66.7 Å². The van der Waals surface area contributed by atoms with Crippen LogP contribution in [0.1, 0.15) is 28.4 Å². The highest BCUT2D eigenvalue weighted by molar-refractivity contribution is 6.05. The first-order chi connectivity index (χ1) is 13.1. The van der Waals surface area contributed by atoms with Gasteiger partial charge in [0.2, 0.25) is 0 Å². The molecule has 1 N–H and O–H groups in total. The molecule has 0 unspecified atom stereocenters. The molecule has 0 atom stereocenters. The van der Waals surface area contributed by atoms with E-state index in [0.717, 1.165) is 28.7 Å². The minimum atomic E-state index is -0.138. The first-order valence-electron chi connectivity index (χ1n) is 8.97. The topological polar surface area (TPSA) is 59.8 Å². The molecule has 0 fully saturated rings. The van der Waals surface area contributed by atoms with E-state index in [2.05, 4.69) is 34.6 Å². The average Bonchev–Trinajstić information content (AvgIpc) is 3.11. The van der Waals surface area contributed by atoms with Gasteiger partial charge in [0.15, 0.2) is 0 Å². The molecule has 0 saturated heterocycles. The third-order valence-electron chi connectivity index (χ3n) is 4.49. The van der Waals surface area contributed by atoms with Crippen molar-refractivity contribution in [1.29, 1.82) is 0 Å². The molecule has 5 heteroatoms. The summed E-state index contributed by atoms with van der Waals surface area (Å²) in [6.07, 6.45) is 0.999. The van der Waals surface area contributed by atoms with Crippen LogP contribution < -0.4 is 5.32 Å². The summed E-state index contributed by atoms with van der Waals surface area (Å²) in [6, 6.07) is 21.2. The normalized spacial score (nSPS) is 10.9. The van der Waals surface area contributed by atoms with Gasteiger partial charge in [-0.3, -0.25) is 4.79 Å². The molecule has 0 aliphatic rings. The molecule has 0 saturated carbocycles. The number of nitrogens with zero attached hydrogens (tertiary/aromatic N) is 3. The lowest BCUT2D eigenvalue weighted by Crippen LogP contribution is -2.11. The van der Waals surface area contributed by atoms with Crippen molar-refractivity contribution >= 4 is 22.6 Å². The van der Waals surface area contributed by atoms with Crippen molar-refractivity contribution in [2.45, 2.75) is 20.3 Å². The number of carbonyl (C=O) groups is 1. The van der Waals surface area contributed by atoms with Crippen LogP contribution >= 0.6 is 0 Å². The highest BCUT2D eigenvalue weighted by Crippen LogP contribution is 2.19. The van der Waals surface area contributed by atoms with E-state index in [-0.39, 0.29) is 5.91 Å². The van der Waals surface area contributed by atoms with Crippen LogP contribution in [0.5, 0.6) is 0 Å². The molecule has 0 aliphatic carbocycles. The number of benzene rings is 3. The van der Waals surface area contributed by atoms with Crippen LogP contribution in [0.2, 0.25) is 0 Å². The van der Waals surface area contributed by atoms with Gasteiger partial charge in [-0.1, -0.05) is 36.8 Å². The van der Waals surface area contributed by atoms with Gasteiger partial charge in [-0.2, -0.15) is 4.80 Å². The standard InChI is InChI=1S/C22H20N4O/c1-3-16-7-10-19(11-8-16)26-24-20-12-9-18(14-21(20)25-26)23-22(27)17-6-4-5-15(2)13-17/h4-14H,3H2,1-2H3,(H,23,27). The summed E-state index contributed by atoms with van der Waals surface area (Å²) in [5.74, 6) is -0.138. The molecular formula is C22H20N4O. The van der Waals surface area contributed by atoms with E-state index in [0.29, 0.717) is 11.3 Å². The van der Waals surface area contributed by atoms with Gasteiger partial charge < -0.3 is 5.32 Å². The monoisotopic (exact) mass is 356 g/mol. The summed E-state index contributed by atoms with van der Waals surface area (Å²) in [4.78, 5) is 14.1. The van der Waals surface area contributed by atoms with Crippen molar-refractivity contribution < 1.29 is 4.79 Å². The molecule has 27 heavy (non-hydrogen) atoms. The minimum Gasteiger partial charge on any atom is -0.322 e. The van der Waals surface area contributed by atoms with E-state index in [1.54, 1.807) is 10.9 Å². The summed E-state index contributed by atoms with van der Waals surface area (Å²) in [5.41, 5.74) is 6.08. The molecule has 1 aromatic heterocycles. The van der Waals surface area contributed by atoms with Crippen LogP contribution in [0, 0.1) is 6.92 Å². The molecular weight excluding hydrogens is 336 g/mol. The second-order valence-electron chi connectivity index (χ2n) is 6.54. The molecule has 4 rings (SSSR count). The van der Waals surface area contributed by atoms with Gasteiger partial charge in [0.25, 0.3) is 5.91 Å². The smallest absolute Gasteiger partial charge is 0.255 e. The molecule has 0 spiro atoms. The van der Waals surface area contributed by atoms with Crippen molar-refractivity contribution in [2.24, 2.45) is 0 Å². The number of carbonyl (C=O) groups excluding carboxylic acids is 1. The van der Waals surface area contributed by atoms with Gasteiger partial charge in [0.1, 0.15) is 11.0 Å². The summed E-state index contributed by atoms with van der Waals surface area (Å²) in [7, 11) is 0. The Morgan fingerprint density at radius 2 is 1.74 bits per heavy atom. The van der Waals surface area contributed by atoms with Crippen molar-refractivity contribution in [1.82, 2.24) is 15.0 Å². The van der Waals surface area contributed by atoms with E-state index >= 15 is 0 Å². The summed E-state index contributed by atoms with van der Waals surface area (Å²) in [5, 5.41) is 12.0. The largest absolute Gasteiger partial charge is 0.322 e. The van der Waals surface area contributed by atoms with Gasteiger partial charge in [-0.15, -0.1) is 10.2 Å². The number of nitrogens with one attached hydrogen (secondary N) is 1. The maximum Gasteiger partial charge on any atom is 0.255 e. The maximum atomic E-state index is 12.4. The number of anilines is 1. The molecule has 134 valence electrons. The van der Waals surface area contributed by atoms with Gasteiger partial charge in [-0.25, -0.2) is 0 Å². The van der Waals surface area contributed by atoms with Crippen molar-refractivity contribution in [3.05, 3.63) is 83.4 Å². The lowest BCUT2D eigenvalue weighted by Gasteiger charge is -2.05. The van der Waals surface area contributed by atoms with Crippen molar-refractivity contribution in [2.75, 3.05) is 5.32 Å². The third-order valence-corrected chi connectivity index (χ3v) is 4.49. The number of fused-ring (bicyclic) bond motifs is 1. The second-order valence-corrected chi connectivity index (χ2v) is 6.54. The Morgan fingerprint density at radius 3 is 2.48 bits per heavy atom. The third kappa shape index (κ3) is 3.58. The fourth-order valence-electron chi connectivity index (χ4n) is 2.96. The second kappa shape index (κ2) is 7.03. The van der Waals surface area contributed by atoms with E-state index in [9.17, 15) is 4.79 Å². The first-order valence-corrected chi connectivity index (χ1v) is 8.97. The van der Waals surface area contributed by atoms with Crippen LogP contribution in [-0.2, 0) is 6.42 Å². The zero-order valence-electron chi connectivity index (χ0n) is 15.3. The van der Waals surface area contributed by atoms with Crippen LogP contribution in [0.25, 0.3) is 16.7 Å². The Labute approximate surface area is 157 Å². The maximum absolute atomic E-state index is 12.4. The van der Waals surface area contributed by atoms with E-state index in [1.165, 1.54) is 5.56 Å². The molecule has 3 aromatic carbocycles. The van der Waals surface area contributed by atoms with E-state index in [4.69, 9.17) is 0 Å². The van der Waals surface area contributed by atoms with Gasteiger partial charge >= 0.3 is 0 Å². The predicted molar refractivity (Wildman–Crippen MR) is 107 cm³/mol. The number of hydrogen-bond acceptors (Lipinski definition) is 3. The molecule has 4 aromatic rings. The minimum absolute atomic E-state index is 0.138. The number of hydrogen-bond donors (Lipinski definition) is 1. The Morgan fingerprint density at radius 1 is 0.963 bits per heavy atom. The predicted octanol–water partition coefficient (Wildman–Crippen LogP) is 4.54. The Kier molecular flexibility index (Phi) is 4.42. The number of aryl methyl sites for hydroxylation is 2. The SMILES string of the molecule is CCc1ccc(-n2nc3ccc(NC(=O)c4cccc(C)c4)cc3n2)cc1. The summed E-state index contributed by atoms with van der Waals surface area (Å²) in [6.45, 7) is 4.09. The molecule has 0 radical (unpaired) electrons. The first kappa shape index (κ1) is 17.0. The average molecular weight is 356 g/mol. The Hall–Kier alpha value is -3.47. The number of rotatable bonds is 4. The lowest BCUT2D eigenvalue weighted by molar-refractivity contribution is 0.102. The van der Waals surface area contributed by atoms with Gasteiger partial charge in [-0.05, 0) is 61.4 Å². The van der Waals surface area contributed by atoms with Crippen LogP contribution in [-0.4, -0.2) is 20.9 Å². The highest BCUT2D eigenvalue weighted by atomic mass is 16.1. The number of amides is 1. The molecule has 1 heterocycles. The summed E-state index contributed by atoms with van der Waals surface area (Å²) < 4.78 is 0. The highest BCUT2D eigenvalue weighted by Gasteiger charge is 2.09. The lowest BCUT2D eigenvalue weighted by atomic mass is 10.1. The Balaban J connectivity index is 1.59. The van der Waals surface area contributed by atoms with Crippen molar-refractivity contribution in [3.8, 4) is 5.69 Å². The molecule has 1 amide bonds. The Bertz CT molecular complexity index is 1110. The zero-order valence-corrected chi connectivity index (χ0v) is 15.3. The fraction of sp³-hybridized carbons (Fsp3) is 0.136. The molecule has 0 bridgehead atoms. The summed E-state index contributed by atoms with van der Waals surface area (Å²) >= 11 is 0. The van der Waals surface area contributed by atoms with Crippen LogP contribution in [0.3, 0.4) is 0 Å². The number of aromatic nitrogens is 3. The fourth-order valence-corrected chi connectivity index (χ4v) is 2.96. The molecule has 5 nitrogen and oxygen atoms in total. The van der Waals surface area contributed by atoms with E-state index in [1.807, 2.05) is 55.5 Å². The van der Waals surface area contributed by atoms with Crippen molar-refractivity contribution in [3.63, 3.8) is 0 Å². The quantitative estimate of drug-likeness (QED) is 0.584. The zero-order chi connectivity index (χ0) is 18.8. The van der Waals surface area contributed by atoms with Gasteiger partial charge in [0, 0.05) is 11.3 Å².